The molecule has 0 bridgehead atoms. The van der Waals surface area contributed by atoms with Crippen LogP contribution in [-0.4, -0.2) is 28.4 Å². The fourth-order valence-electron chi connectivity index (χ4n) is 4.03. The van der Waals surface area contributed by atoms with E-state index in [1.807, 2.05) is 26.8 Å². The number of benzene rings is 2. The first-order valence-electron chi connectivity index (χ1n) is 11.1. The number of carbonyl (C=O) groups is 1. The minimum Gasteiger partial charge on any atom is -0.492 e. The SMILES string of the molecule is CCOc1ccccc1NC(=O)Cn1c(=O)n(-c2ccc3c(c2)OCO3)c(=O)c2c(C)c(C)sc21. The fourth-order valence-corrected chi connectivity index (χ4v) is 5.17. The summed E-state index contributed by atoms with van der Waals surface area (Å²) in [6, 6.07) is 12.0. The zero-order chi connectivity index (χ0) is 24.7. The van der Waals surface area contributed by atoms with Crippen LogP contribution in [0.3, 0.4) is 0 Å². The topological polar surface area (TPSA) is 101 Å². The molecule has 0 aliphatic carbocycles. The van der Waals surface area contributed by atoms with Crippen molar-refractivity contribution in [2.75, 3.05) is 18.7 Å². The fraction of sp³-hybridized carbons (Fsp3) is 0.240. The predicted molar refractivity (Wildman–Crippen MR) is 134 cm³/mol. The Kier molecular flexibility index (Phi) is 5.81. The Morgan fingerprint density at radius 1 is 1.11 bits per heavy atom. The lowest BCUT2D eigenvalue weighted by Gasteiger charge is -2.14. The normalized spacial score (nSPS) is 12.2. The number of ether oxygens (including phenoxy) is 3. The highest BCUT2D eigenvalue weighted by Crippen LogP contribution is 2.34. The molecular weight excluding hydrogens is 470 g/mol. The Hall–Kier alpha value is -4.05. The zero-order valence-corrected chi connectivity index (χ0v) is 20.2. The maximum Gasteiger partial charge on any atom is 0.337 e. The molecule has 10 heteroatoms. The summed E-state index contributed by atoms with van der Waals surface area (Å²) in [4.78, 5) is 41.6. The van der Waals surface area contributed by atoms with Crippen LogP contribution in [0.25, 0.3) is 15.9 Å². The quantitative estimate of drug-likeness (QED) is 0.441. The molecule has 0 radical (unpaired) electrons. The van der Waals surface area contributed by atoms with E-state index < -0.39 is 17.2 Å². The lowest BCUT2D eigenvalue weighted by Crippen LogP contribution is -2.40. The van der Waals surface area contributed by atoms with E-state index in [0.717, 1.165) is 15.0 Å². The van der Waals surface area contributed by atoms with E-state index in [2.05, 4.69) is 5.32 Å². The van der Waals surface area contributed by atoms with Gasteiger partial charge < -0.3 is 19.5 Å². The molecule has 9 nitrogen and oxygen atoms in total. The average molecular weight is 494 g/mol. The molecule has 1 N–H and O–H groups in total. The average Bonchev–Trinajstić information content (AvgIpc) is 3.42. The number of aromatic nitrogens is 2. The molecule has 0 saturated heterocycles. The van der Waals surface area contributed by atoms with E-state index in [1.54, 1.807) is 36.4 Å². The molecule has 180 valence electrons. The number of rotatable bonds is 6. The minimum atomic E-state index is -0.615. The van der Waals surface area contributed by atoms with E-state index >= 15 is 0 Å². The number of thiophene rings is 1. The van der Waals surface area contributed by atoms with Gasteiger partial charge in [-0.1, -0.05) is 12.1 Å². The molecule has 0 saturated carbocycles. The molecule has 4 aromatic rings. The Labute approximate surface area is 204 Å². The number of amides is 1. The van der Waals surface area contributed by atoms with Gasteiger partial charge in [0.25, 0.3) is 5.56 Å². The lowest BCUT2D eigenvalue weighted by atomic mass is 10.2. The molecule has 0 fully saturated rings. The van der Waals surface area contributed by atoms with E-state index in [0.29, 0.717) is 45.4 Å². The number of aryl methyl sites for hydroxylation is 2. The van der Waals surface area contributed by atoms with Gasteiger partial charge in [0.15, 0.2) is 11.5 Å². The summed E-state index contributed by atoms with van der Waals surface area (Å²) >= 11 is 1.32. The van der Waals surface area contributed by atoms with Crippen LogP contribution in [0.1, 0.15) is 17.4 Å². The van der Waals surface area contributed by atoms with Gasteiger partial charge in [-0.15, -0.1) is 11.3 Å². The molecule has 1 aliphatic heterocycles. The molecule has 5 rings (SSSR count). The first-order valence-corrected chi connectivity index (χ1v) is 11.9. The van der Waals surface area contributed by atoms with Crippen LogP contribution in [0, 0.1) is 13.8 Å². The Bertz CT molecular complexity index is 1580. The first kappa shape index (κ1) is 22.7. The second-order valence-corrected chi connectivity index (χ2v) is 9.19. The third-order valence-corrected chi connectivity index (χ3v) is 7.06. The monoisotopic (exact) mass is 493 g/mol. The first-order chi connectivity index (χ1) is 16.9. The summed E-state index contributed by atoms with van der Waals surface area (Å²) in [7, 11) is 0. The van der Waals surface area contributed by atoms with E-state index in [9.17, 15) is 14.4 Å². The largest absolute Gasteiger partial charge is 0.492 e. The number of anilines is 1. The molecule has 1 amide bonds. The lowest BCUT2D eigenvalue weighted by molar-refractivity contribution is -0.116. The maximum atomic E-state index is 13.6. The summed E-state index contributed by atoms with van der Waals surface area (Å²) in [5.74, 6) is 1.11. The molecular formula is C25H23N3O6S. The van der Waals surface area contributed by atoms with E-state index in [4.69, 9.17) is 14.2 Å². The third-order valence-electron chi connectivity index (χ3n) is 5.83. The standard InChI is InChI=1S/C25H23N3O6S/c1-4-32-18-8-6-5-7-17(18)26-21(29)12-27-24-22(14(2)15(3)35-24)23(30)28(25(27)31)16-9-10-19-20(11-16)34-13-33-19/h5-11H,4,12-13H2,1-3H3,(H,26,29). The number of para-hydroxylation sites is 2. The highest BCUT2D eigenvalue weighted by molar-refractivity contribution is 7.18. The van der Waals surface area contributed by atoms with Crippen molar-refractivity contribution in [2.45, 2.75) is 27.3 Å². The van der Waals surface area contributed by atoms with Gasteiger partial charge in [0.2, 0.25) is 12.7 Å². The number of carbonyl (C=O) groups excluding carboxylic acids is 1. The maximum absolute atomic E-state index is 13.6. The van der Waals surface area contributed by atoms with Crippen molar-refractivity contribution in [3.05, 3.63) is 73.7 Å². The second-order valence-electron chi connectivity index (χ2n) is 7.99. The van der Waals surface area contributed by atoms with Gasteiger partial charge in [0.1, 0.15) is 17.1 Å². The smallest absolute Gasteiger partial charge is 0.337 e. The molecule has 0 unspecified atom stereocenters. The summed E-state index contributed by atoms with van der Waals surface area (Å²) in [5.41, 5.74) is 0.566. The molecule has 0 spiro atoms. The molecule has 2 aromatic heterocycles. The van der Waals surface area contributed by atoms with Crippen molar-refractivity contribution in [3.8, 4) is 22.9 Å². The third kappa shape index (κ3) is 3.95. The Balaban J connectivity index is 1.62. The van der Waals surface area contributed by atoms with Crippen molar-refractivity contribution in [2.24, 2.45) is 0 Å². The Morgan fingerprint density at radius 2 is 1.89 bits per heavy atom. The van der Waals surface area contributed by atoms with E-state index in [1.165, 1.54) is 15.9 Å². The predicted octanol–water partition coefficient (Wildman–Crippen LogP) is 3.60. The van der Waals surface area contributed by atoms with Crippen LogP contribution in [0.15, 0.2) is 52.1 Å². The van der Waals surface area contributed by atoms with Crippen molar-refractivity contribution in [1.82, 2.24) is 9.13 Å². The van der Waals surface area contributed by atoms with Gasteiger partial charge in [0, 0.05) is 10.9 Å². The van der Waals surface area contributed by atoms with Gasteiger partial charge in [-0.25, -0.2) is 9.36 Å². The number of hydrogen-bond acceptors (Lipinski definition) is 7. The van der Waals surface area contributed by atoms with Crippen LogP contribution in [0.4, 0.5) is 5.69 Å². The molecule has 2 aromatic carbocycles. The summed E-state index contributed by atoms with van der Waals surface area (Å²) in [5, 5.41) is 3.23. The summed E-state index contributed by atoms with van der Waals surface area (Å²) < 4.78 is 18.8. The number of nitrogens with zero attached hydrogens (tertiary/aromatic N) is 2. The van der Waals surface area contributed by atoms with Crippen molar-refractivity contribution in [1.29, 1.82) is 0 Å². The van der Waals surface area contributed by atoms with Crippen molar-refractivity contribution in [3.63, 3.8) is 0 Å². The molecule has 0 atom stereocenters. The zero-order valence-electron chi connectivity index (χ0n) is 19.4. The van der Waals surface area contributed by atoms with Crippen molar-refractivity contribution < 1.29 is 19.0 Å². The minimum absolute atomic E-state index is 0.0726. The Morgan fingerprint density at radius 3 is 2.69 bits per heavy atom. The summed E-state index contributed by atoms with van der Waals surface area (Å²) in [6.45, 7) is 5.82. The van der Waals surface area contributed by atoms with Gasteiger partial charge in [0.05, 0.1) is 23.4 Å². The molecule has 1 aliphatic rings. The highest BCUT2D eigenvalue weighted by atomic mass is 32.1. The summed E-state index contributed by atoms with van der Waals surface area (Å²) in [6.07, 6.45) is 0. The number of hydrogen-bond donors (Lipinski definition) is 1. The van der Waals surface area contributed by atoms with Gasteiger partial charge in [-0.2, -0.15) is 0 Å². The van der Waals surface area contributed by atoms with Gasteiger partial charge >= 0.3 is 5.69 Å². The van der Waals surface area contributed by atoms with Crippen LogP contribution < -0.4 is 30.8 Å². The number of nitrogens with one attached hydrogen (secondary N) is 1. The molecule has 35 heavy (non-hydrogen) atoms. The highest BCUT2D eigenvalue weighted by Gasteiger charge is 2.23. The van der Waals surface area contributed by atoms with Gasteiger partial charge in [-0.3, -0.25) is 14.2 Å². The second kappa shape index (κ2) is 8.95. The van der Waals surface area contributed by atoms with Gasteiger partial charge in [-0.05, 0) is 50.6 Å². The number of fused-ring (bicyclic) bond motifs is 2. The van der Waals surface area contributed by atoms with Crippen LogP contribution in [0.2, 0.25) is 0 Å². The van der Waals surface area contributed by atoms with Crippen LogP contribution in [0.5, 0.6) is 17.2 Å². The van der Waals surface area contributed by atoms with Crippen molar-refractivity contribution >= 4 is 33.1 Å². The molecule has 3 heterocycles. The van der Waals surface area contributed by atoms with Crippen LogP contribution in [-0.2, 0) is 11.3 Å². The van der Waals surface area contributed by atoms with E-state index in [-0.39, 0.29) is 13.3 Å². The van der Waals surface area contributed by atoms with Crippen LogP contribution >= 0.6 is 11.3 Å².